The van der Waals surface area contributed by atoms with Gasteiger partial charge in [0.15, 0.2) is 0 Å². The lowest BCUT2D eigenvalue weighted by atomic mass is 10.1. The average molecular weight is 249 g/mol. The summed E-state index contributed by atoms with van der Waals surface area (Å²) in [6, 6.07) is 6.64. The maximum atomic E-state index is 5.84. The van der Waals surface area contributed by atoms with E-state index in [-0.39, 0.29) is 6.04 Å². The van der Waals surface area contributed by atoms with Crippen LogP contribution in [0.2, 0.25) is 0 Å². The molecule has 2 aromatic heterocycles. The molecule has 0 radical (unpaired) electrons. The van der Waals surface area contributed by atoms with Crippen molar-refractivity contribution in [3.63, 3.8) is 0 Å². The van der Waals surface area contributed by atoms with Crippen molar-refractivity contribution in [1.29, 1.82) is 0 Å². The van der Waals surface area contributed by atoms with Gasteiger partial charge in [-0.1, -0.05) is 13.8 Å². The van der Waals surface area contributed by atoms with Gasteiger partial charge < -0.3 is 9.73 Å². The summed E-state index contributed by atoms with van der Waals surface area (Å²) in [7, 11) is 0. The van der Waals surface area contributed by atoms with Crippen molar-refractivity contribution in [2.75, 3.05) is 6.54 Å². The monoisotopic (exact) mass is 249 g/mol. The minimum atomic E-state index is 0.287. The van der Waals surface area contributed by atoms with Gasteiger partial charge in [0.1, 0.15) is 11.5 Å². The molecule has 0 saturated heterocycles. The van der Waals surface area contributed by atoms with E-state index in [0.29, 0.717) is 0 Å². The Hall–Kier alpha value is -1.06. The zero-order chi connectivity index (χ0) is 12.1. The fourth-order valence-electron chi connectivity index (χ4n) is 1.94. The minimum Gasteiger partial charge on any atom is -0.464 e. The smallest absolute Gasteiger partial charge is 0.121 e. The third-order valence-corrected chi connectivity index (χ3v) is 3.58. The number of hydrogen-bond acceptors (Lipinski definition) is 3. The predicted octanol–water partition coefficient (Wildman–Crippen LogP) is 3.80. The Labute approximate surface area is 107 Å². The van der Waals surface area contributed by atoms with Crippen molar-refractivity contribution in [2.24, 2.45) is 0 Å². The summed E-state index contributed by atoms with van der Waals surface area (Å²) in [6.07, 6.45) is 1.95. The number of thiophene rings is 1. The Morgan fingerprint density at radius 2 is 2.18 bits per heavy atom. The van der Waals surface area contributed by atoms with Crippen LogP contribution in [-0.4, -0.2) is 6.54 Å². The highest BCUT2D eigenvalue weighted by Crippen LogP contribution is 2.22. The van der Waals surface area contributed by atoms with Gasteiger partial charge >= 0.3 is 0 Å². The fraction of sp³-hybridized carbons (Fsp3) is 0.429. The normalized spacial score (nSPS) is 12.8. The molecule has 0 saturated carbocycles. The quantitative estimate of drug-likeness (QED) is 0.842. The van der Waals surface area contributed by atoms with Gasteiger partial charge in [0.05, 0.1) is 6.04 Å². The maximum Gasteiger partial charge on any atom is 0.121 e. The second-order valence-corrected chi connectivity index (χ2v) is 4.88. The first-order valence-corrected chi connectivity index (χ1v) is 7.10. The predicted molar refractivity (Wildman–Crippen MR) is 72.5 cm³/mol. The van der Waals surface area contributed by atoms with E-state index in [9.17, 15) is 0 Å². The first kappa shape index (κ1) is 12.4. The van der Waals surface area contributed by atoms with Crippen LogP contribution in [-0.2, 0) is 12.8 Å². The number of aryl methyl sites for hydroxylation is 1. The van der Waals surface area contributed by atoms with Gasteiger partial charge in [-0.2, -0.15) is 11.3 Å². The molecule has 0 aromatic carbocycles. The molecule has 1 atom stereocenters. The highest BCUT2D eigenvalue weighted by molar-refractivity contribution is 7.07. The van der Waals surface area contributed by atoms with Gasteiger partial charge in [0.25, 0.3) is 0 Å². The van der Waals surface area contributed by atoms with E-state index in [0.717, 1.165) is 30.9 Å². The van der Waals surface area contributed by atoms with Gasteiger partial charge in [-0.25, -0.2) is 0 Å². The molecular formula is C14H19NOS. The molecule has 0 aliphatic rings. The van der Waals surface area contributed by atoms with Crippen LogP contribution in [0.25, 0.3) is 0 Å². The molecular weight excluding hydrogens is 230 g/mol. The Morgan fingerprint density at radius 1 is 1.29 bits per heavy atom. The molecule has 3 heteroatoms. The molecule has 2 aromatic rings. The molecule has 2 rings (SSSR count). The summed E-state index contributed by atoms with van der Waals surface area (Å²) in [5.74, 6) is 2.11. The van der Waals surface area contributed by atoms with Crippen LogP contribution in [0.4, 0.5) is 0 Å². The first-order chi connectivity index (χ1) is 8.33. The van der Waals surface area contributed by atoms with E-state index in [2.05, 4.69) is 48.1 Å². The molecule has 2 nitrogen and oxygen atoms in total. The Balaban J connectivity index is 2.10. The van der Waals surface area contributed by atoms with E-state index in [1.807, 2.05) is 0 Å². The number of hydrogen-bond donors (Lipinski definition) is 1. The number of likely N-dealkylation sites (N-methyl/N-ethyl adjacent to an activating group) is 1. The van der Waals surface area contributed by atoms with Gasteiger partial charge in [0, 0.05) is 6.42 Å². The zero-order valence-electron chi connectivity index (χ0n) is 10.4. The van der Waals surface area contributed by atoms with Crippen molar-refractivity contribution in [1.82, 2.24) is 5.32 Å². The van der Waals surface area contributed by atoms with E-state index in [1.165, 1.54) is 5.56 Å². The summed E-state index contributed by atoms with van der Waals surface area (Å²) in [5, 5.41) is 7.81. The topological polar surface area (TPSA) is 25.2 Å². The van der Waals surface area contributed by atoms with Crippen molar-refractivity contribution >= 4 is 11.3 Å². The van der Waals surface area contributed by atoms with Crippen LogP contribution in [0.1, 0.15) is 37.0 Å². The van der Waals surface area contributed by atoms with Crippen LogP contribution in [0.15, 0.2) is 33.4 Å². The molecule has 0 spiro atoms. The van der Waals surface area contributed by atoms with E-state index in [4.69, 9.17) is 4.42 Å². The van der Waals surface area contributed by atoms with Crippen molar-refractivity contribution < 1.29 is 4.42 Å². The Kier molecular flexibility index (Phi) is 4.40. The summed E-state index contributed by atoms with van der Waals surface area (Å²) >= 11 is 1.75. The Bertz CT molecular complexity index is 433. The molecule has 0 amide bonds. The molecule has 0 aliphatic carbocycles. The first-order valence-electron chi connectivity index (χ1n) is 6.16. The third kappa shape index (κ3) is 3.20. The summed E-state index contributed by atoms with van der Waals surface area (Å²) in [5.41, 5.74) is 1.37. The lowest BCUT2D eigenvalue weighted by Gasteiger charge is -2.14. The standard InChI is InChI=1S/C14H19NOS/c1-3-12-5-6-14(16-12)13(15-4-2)9-11-7-8-17-10-11/h5-8,10,13,15H,3-4,9H2,1-2H3. The van der Waals surface area contributed by atoms with Gasteiger partial charge in [-0.15, -0.1) is 0 Å². The number of rotatable bonds is 6. The SMILES string of the molecule is CCNC(Cc1ccsc1)c1ccc(CC)o1. The highest BCUT2D eigenvalue weighted by Gasteiger charge is 2.15. The molecule has 1 N–H and O–H groups in total. The third-order valence-electron chi connectivity index (χ3n) is 2.84. The van der Waals surface area contributed by atoms with E-state index < -0.39 is 0 Å². The van der Waals surface area contributed by atoms with Crippen LogP contribution in [0, 0.1) is 0 Å². The van der Waals surface area contributed by atoms with E-state index in [1.54, 1.807) is 11.3 Å². The molecule has 0 aliphatic heterocycles. The number of nitrogens with one attached hydrogen (secondary N) is 1. The van der Waals surface area contributed by atoms with Crippen LogP contribution < -0.4 is 5.32 Å². The maximum absolute atomic E-state index is 5.84. The van der Waals surface area contributed by atoms with E-state index >= 15 is 0 Å². The van der Waals surface area contributed by atoms with Crippen molar-refractivity contribution in [3.05, 3.63) is 46.0 Å². The molecule has 17 heavy (non-hydrogen) atoms. The molecule has 1 unspecified atom stereocenters. The minimum absolute atomic E-state index is 0.287. The van der Waals surface area contributed by atoms with Crippen LogP contribution >= 0.6 is 11.3 Å². The van der Waals surface area contributed by atoms with Gasteiger partial charge in [-0.05, 0) is 47.5 Å². The average Bonchev–Trinajstić information content (AvgIpc) is 2.99. The van der Waals surface area contributed by atoms with Crippen LogP contribution in [0.3, 0.4) is 0 Å². The van der Waals surface area contributed by atoms with Crippen molar-refractivity contribution in [2.45, 2.75) is 32.7 Å². The number of furan rings is 1. The van der Waals surface area contributed by atoms with Crippen LogP contribution in [0.5, 0.6) is 0 Å². The summed E-state index contributed by atoms with van der Waals surface area (Å²) in [6.45, 7) is 5.20. The lowest BCUT2D eigenvalue weighted by molar-refractivity contribution is 0.397. The van der Waals surface area contributed by atoms with Crippen molar-refractivity contribution in [3.8, 4) is 0 Å². The Morgan fingerprint density at radius 3 is 2.76 bits per heavy atom. The molecule has 92 valence electrons. The van der Waals surface area contributed by atoms with Gasteiger partial charge in [0.2, 0.25) is 0 Å². The second kappa shape index (κ2) is 6.03. The van der Waals surface area contributed by atoms with Gasteiger partial charge in [-0.3, -0.25) is 0 Å². The fourth-order valence-corrected chi connectivity index (χ4v) is 2.62. The zero-order valence-corrected chi connectivity index (χ0v) is 11.2. The highest BCUT2D eigenvalue weighted by atomic mass is 32.1. The molecule has 2 heterocycles. The summed E-state index contributed by atoms with van der Waals surface area (Å²) in [4.78, 5) is 0. The molecule has 0 bridgehead atoms. The second-order valence-electron chi connectivity index (χ2n) is 4.10. The molecule has 0 fully saturated rings. The summed E-state index contributed by atoms with van der Waals surface area (Å²) < 4.78 is 5.84. The lowest BCUT2D eigenvalue weighted by Crippen LogP contribution is -2.22. The largest absolute Gasteiger partial charge is 0.464 e.